The number of benzene rings is 6. The Morgan fingerprint density at radius 3 is 1.58 bits per heavy atom. The molecule has 0 fully saturated rings. The fourth-order valence-electron chi connectivity index (χ4n) is 7.74. The SMILES string of the molecule is [2H]c1c([2H])c([2H])c(-c2cccc3c2c2c(C(C)(C)C)c(-n4c5ccccc5c5ccccc54)ccc2n3-c2cc(C(C)(C)C)cc(C(C)(C)C)c2)c([2H])c1[2H]. The highest BCUT2D eigenvalue weighted by Gasteiger charge is 2.30. The Hall–Kier alpha value is -5.08. The summed E-state index contributed by atoms with van der Waals surface area (Å²) < 4.78 is 48.7. The second kappa shape index (κ2) is 11.2. The summed E-state index contributed by atoms with van der Waals surface area (Å²) in [5.41, 5.74) is 9.96. The molecule has 0 atom stereocenters. The summed E-state index contributed by atoms with van der Waals surface area (Å²) in [7, 11) is 0. The van der Waals surface area contributed by atoms with Gasteiger partial charge in [-0.05, 0) is 86.5 Å². The molecule has 2 nitrogen and oxygen atoms in total. The highest BCUT2D eigenvalue weighted by atomic mass is 15.0. The molecule has 8 aromatic rings. The average Bonchev–Trinajstić information content (AvgIpc) is 3.65. The first-order valence-electron chi connectivity index (χ1n) is 20.1. The predicted octanol–water partition coefficient (Wildman–Crippen LogP) is 13.4. The average molecular weight is 658 g/mol. The minimum Gasteiger partial charge on any atom is -0.309 e. The van der Waals surface area contributed by atoms with Crippen LogP contribution in [0, 0.1) is 0 Å². The molecule has 6 aromatic carbocycles. The van der Waals surface area contributed by atoms with Gasteiger partial charge in [-0.15, -0.1) is 0 Å². The largest absolute Gasteiger partial charge is 0.309 e. The highest BCUT2D eigenvalue weighted by Crippen LogP contribution is 2.47. The van der Waals surface area contributed by atoms with Crippen molar-refractivity contribution >= 4 is 43.6 Å². The number of hydrogen-bond donors (Lipinski definition) is 0. The van der Waals surface area contributed by atoms with E-state index in [1.54, 1.807) is 0 Å². The monoisotopic (exact) mass is 657 g/mol. The lowest BCUT2D eigenvalue weighted by molar-refractivity contribution is 0.568. The number of nitrogens with zero attached hydrogens (tertiary/aromatic N) is 2. The topological polar surface area (TPSA) is 9.86 Å². The van der Waals surface area contributed by atoms with Crippen molar-refractivity contribution in [2.45, 2.75) is 78.6 Å². The van der Waals surface area contributed by atoms with Crippen LogP contribution in [0.3, 0.4) is 0 Å². The summed E-state index contributed by atoms with van der Waals surface area (Å²) in [5.74, 6) is 0. The molecule has 0 N–H and O–H groups in total. The maximum absolute atomic E-state index is 9.15. The Balaban J connectivity index is 1.64. The van der Waals surface area contributed by atoms with E-state index >= 15 is 0 Å². The Kier molecular flexibility index (Phi) is 6.00. The lowest BCUT2D eigenvalue weighted by Gasteiger charge is -2.27. The van der Waals surface area contributed by atoms with Gasteiger partial charge in [0.15, 0.2) is 0 Å². The van der Waals surface area contributed by atoms with Crippen LogP contribution in [0.25, 0.3) is 66.1 Å². The first-order valence-corrected chi connectivity index (χ1v) is 17.6. The maximum atomic E-state index is 9.15. The third-order valence-electron chi connectivity index (χ3n) is 10.2. The first-order chi connectivity index (χ1) is 25.8. The first kappa shape index (κ1) is 26.7. The van der Waals surface area contributed by atoms with Gasteiger partial charge in [0, 0.05) is 27.2 Å². The molecule has 0 radical (unpaired) electrons. The third-order valence-corrected chi connectivity index (χ3v) is 10.2. The van der Waals surface area contributed by atoms with E-state index in [0.29, 0.717) is 5.56 Å². The number of fused-ring (bicyclic) bond motifs is 6. The molecule has 0 amide bonds. The minimum atomic E-state index is -0.397. The molecule has 0 bridgehead atoms. The Labute approximate surface area is 304 Å². The molecular weight excluding hydrogens is 605 g/mol. The highest BCUT2D eigenvalue weighted by molar-refractivity contribution is 6.18. The molecule has 2 heterocycles. The van der Waals surface area contributed by atoms with Crippen molar-refractivity contribution in [2.75, 3.05) is 0 Å². The molecule has 2 aromatic heterocycles. The van der Waals surface area contributed by atoms with Gasteiger partial charge in [-0.2, -0.15) is 0 Å². The summed E-state index contributed by atoms with van der Waals surface area (Å²) in [6, 6.07) is 33.0. The van der Waals surface area contributed by atoms with Crippen LogP contribution in [-0.4, -0.2) is 9.13 Å². The van der Waals surface area contributed by atoms with Gasteiger partial charge in [-0.25, -0.2) is 0 Å². The number of hydrogen-bond acceptors (Lipinski definition) is 0. The zero-order valence-electron chi connectivity index (χ0n) is 35.6. The van der Waals surface area contributed by atoms with E-state index in [9.17, 15) is 0 Å². The Bertz CT molecular complexity index is 2760. The quantitative estimate of drug-likeness (QED) is 0.179. The maximum Gasteiger partial charge on any atom is 0.0629 e. The van der Waals surface area contributed by atoms with Crippen molar-refractivity contribution < 1.29 is 6.85 Å². The van der Waals surface area contributed by atoms with Crippen LogP contribution in [0.15, 0.2) is 127 Å². The van der Waals surface area contributed by atoms with Gasteiger partial charge < -0.3 is 9.13 Å². The summed E-state index contributed by atoms with van der Waals surface area (Å²) in [5, 5.41) is 4.22. The van der Waals surface area contributed by atoms with Crippen LogP contribution >= 0.6 is 0 Å². The van der Waals surface area contributed by atoms with E-state index in [4.69, 9.17) is 6.85 Å². The van der Waals surface area contributed by atoms with Gasteiger partial charge in [0.2, 0.25) is 0 Å². The lowest BCUT2D eigenvalue weighted by atomic mass is 9.80. The Morgan fingerprint density at radius 2 is 1.02 bits per heavy atom. The van der Waals surface area contributed by atoms with Gasteiger partial charge in [0.05, 0.1) is 34.6 Å². The van der Waals surface area contributed by atoms with E-state index in [-0.39, 0.29) is 40.6 Å². The molecule has 8 rings (SSSR count). The fraction of sp³-hybridized carbons (Fsp3) is 0.250. The fourth-order valence-corrected chi connectivity index (χ4v) is 7.74. The van der Waals surface area contributed by atoms with Crippen LogP contribution < -0.4 is 0 Å². The Morgan fingerprint density at radius 1 is 0.480 bits per heavy atom. The standard InChI is InChI=1S/C48H48N2/c1-46(2,3)32-28-33(47(4,5)6)30-34(29-32)49-40-25-17-22-35(31-18-11-10-12-19-31)43(40)44-41(49)26-27-42(45(44)48(7,8)9)50-38-23-15-13-20-36(38)37-21-14-16-24-39(37)50/h10-30H,1-9H3/i10D,11D,12D,18D,19D. The molecule has 2 heteroatoms. The van der Waals surface area contributed by atoms with Gasteiger partial charge in [0.25, 0.3) is 0 Å². The van der Waals surface area contributed by atoms with E-state index in [2.05, 4.69) is 156 Å². The van der Waals surface area contributed by atoms with Crippen molar-refractivity contribution in [2.24, 2.45) is 0 Å². The molecular formula is C48H48N2. The zero-order chi connectivity index (χ0) is 39.5. The van der Waals surface area contributed by atoms with E-state index in [1.165, 1.54) is 21.9 Å². The van der Waals surface area contributed by atoms with Gasteiger partial charge in [-0.1, -0.05) is 147 Å². The van der Waals surface area contributed by atoms with Crippen LogP contribution in [0.2, 0.25) is 0 Å². The van der Waals surface area contributed by atoms with Crippen molar-refractivity contribution in [1.82, 2.24) is 9.13 Å². The molecule has 0 saturated carbocycles. The lowest BCUT2D eigenvalue weighted by Crippen LogP contribution is -2.17. The molecule has 0 aliphatic heterocycles. The zero-order valence-corrected chi connectivity index (χ0v) is 30.6. The van der Waals surface area contributed by atoms with Crippen LogP contribution in [0.5, 0.6) is 0 Å². The van der Waals surface area contributed by atoms with Crippen LogP contribution in [0.4, 0.5) is 0 Å². The van der Waals surface area contributed by atoms with E-state index in [1.807, 2.05) is 12.1 Å². The second-order valence-corrected chi connectivity index (χ2v) is 16.8. The molecule has 0 saturated heterocycles. The van der Waals surface area contributed by atoms with E-state index < -0.39 is 11.5 Å². The second-order valence-electron chi connectivity index (χ2n) is 16.8. The summed E-state index contributed by atoms with van der Waals surface area (Å²) in [6.07, 6.45) is 0. The number of aromatic nitrogens is 2. The van der Waals surface area contributed by atoms with Crippen molar-refractivity contribution in [3.63, 3.8) is 0 Å². The molecule has 0 aliphatic carbocycles. The molecule has 0 spiro atoms. The van der Waals surface area contributed by atoms with Crippen molar-refractivity contribution in [1.29, 1.82) is 0 Å². The predicted molar refractivity (Wildman–Crippen MR) is 217 cm³/mol. The summed E-state index contributed by atoms with van der Waals surface area (Å²) >= 11 is 0. The van der Waals surface area contributed by atoms with Crippen molar-refractivity contribution in [3.05, 3.63) is 144 Å². The minimum absolute atomic E-state index is 0.118. The van der Waals surface area contributed by atoms with Gasteiger partial charge in [-0.3, -0.25) is 0 Å². The summed E-state index contributed by atoms with van der Waals surface area (Å²) in [4.78, 5) is 0. The molecule has 0 unspecified atom stereocenters. The normalized spacial score (nSPS) is 14.3. The molecule has 0 aliphatic rings. The summed E-state index contributed by atoms with van der Waals surface area (Å²) in [6.45, 7) is 20.2. The number of para-hydroxylation sites is 2. The molecule has 250 valence electrons. The van der Waals surface area contributed by atoms with Crippen LogP contribution in [0.1, 0.15) is 85.9 Å². The van der Waals surface area contributed by atoms with Gasteiger partial charge >= 0.3 is 0 Å². The van der Waals surface area contributed by atoms with E-state index in [0.717, 1.165) is 49.8 Å². The smallest absolute Gasteiger partial charge is 0.0629 e. The molecule has 50 heavy (non-hydrogen) atoms. The number of rotatable bonds is 3. The van der Waals surface area contributed by atoms with Crippen molar-refractivity contribution in [3.8, 4) is 22.5 Å². The van der Waals surface area contributed by atoms with Crippen LogP contribution in [-0.2, 0) is 16.2 Å². The third kappa shape index (κ3) is 5.07. The van der Waals surface area contributed by atoms with Gasteiger partial charge in [0.1, 0.15) is 0 Å².